The number of nitrogens with one attached hydrogen (secondary N) is 1. The third-order valence-electron chi connectivity index (χ3n) is 2.99. The molecule has 0 unspecified atom stereocenters. The molecule has 21 heavy (non-hydrogen) atoms. The van der Waals surface area contributed by atoms with Crippen molar-refractivity contribution in [3.8, 4) is 11.5 Å². The third-order valence-corrected chi connectivity index (χ3v) is 3.68. The molecule has 0 saturated heterocycles. The molecule has 2 rings (SSSR count). The van der Waals surface area contributed by atoms with Gasteiger partial charge in [0.1, 0.15) is 11.5 Å². The second-order valence-electron chi connectivity index (χ2n) is 4.38. The van der Waals surface area contributed by atoms with Gasteiger partial charge in [-0.25, -0.2) is 0 Å². The predicted molar refractivity (Wildman–Crippen MR) is 86.0 cm³/mol. The summed E-state index contributed by atoms with van der Waals surface area (Å²) in [6, 6.07) is 12.9. The first-order valence-corrected chi connectivity index (χ1v) is 7.18. The maximum atomic E-state index is 12.2. The number of rotatable bonds is 5. The molecule has 2 aromatic carbocycles. The monoisotopic (exact) mass is 349 g/mol. The fourth-order valence-electron chi connectivity index (χ4n) is 1.94. The van der Waals surface area contributed by atoms with E-state index in [1.54, 1.807) is 20.3 Å². The zero-order valence-electron chi connectivity index (χ0n) is 11.9. The summed E-state index contributed by atoms with van der Waals surface area (Å²) in [5.74, 6) is 1.27. The molecular weight excluding hydrogens is 334 g/mol. The highest BCUT2D eigenvalue weighted by molar-refractivity contribution is 9.10. The molecule has 110 valence electrons. The molecular formula is C16H16BrNO3. The number of ether oxygens (including phenoxy) is 2. The molecule has 0 heterocycles. The fraction of sp³-hybridized carbons (Fsp3) is 0.188. The van der Waals surface area contributed by atoms with Gasteiger partial charge >= 0.3 is 0 Å². The van der Waals surface area contributed by atoms with Gasteiger partial charge in [-0.1, -0.05) is 18.2 Å². The van der Waals surface area contributed by atoms with Crippen LogP contribution >= 0.6 is 15.9 Å². The Kier molecular flexibility index (Phi) is 5.22. The number of para-hydroxylation sites is 1. The van der Waals surface area contributed by atoms with E-state index in [9.17, 15) is 4.79 Å². The van der Waals surface area contributed by atoms with Crippen molar-refractivity contribution in [2.75, 3.05) is 19.5 Å². The maximum Gasteiger partial charge on any atom is 0.228 e. The van der Waals surface area contributed by atoms with Gasteiger partial charge in [0.15, 0.2) is 0 Å². The van der Waals surface area contributed by atoms with Gasteiger partial charge in [-0.05, 0) is 34.1 Å². The molecule has 0 radical (unpaired) electrons. The average Bonchev–Trinajstić information content (AvgIpc) is 2.50. The number of hydrogen-bond acceptors (Lipinski definition) is 3. The van der Waals surface area contributed by atoms with Crippen molar-refractivity contribution in [2.24, 2.45) is 0 Å². The van der Waals surface area contributed by atoms with Crippen LogP contribution in [0.25, 0.3) is 0 Å². The molecule has 5 heteroatoms. The van der Waals surface area contributed by atoms with Gasteiger partial charge in [-0.2, -0.15) is 0 Å². The lowest BCUT2D eigenvalue weighted by molar-refractivity contribution is -0.115. The Hall–Kier alpha value is -2.01. The van der Waals surface area contributed by atoms with Crippen molar-refractivity contribution >= 4 is 27.5 Å². The lowest BCUT2D eigenvalue weighted by Gasteiger charge is -2.11. The van der Waals surface area contributed by atoms with Crippen molar-refractivity contribution in [1.82, 2.24) is 0 Å². The SMILES string of the molecule is COc1ccc(Br)c(NC(=O)Cc2ccccc2OC)c1. The Morgan fingerprint density at radius 2 is 1.90 bits per heavy atom. The number of carbonyl (C=O) groups excluding carboxylic acids is 1. The van der Waals surface area contributed by atoms with Gasteiger partial charge in [0, 0.05) is 16.1 Å². The van der Waals surface area contributed by atoms with E-state index >= 15 is 0 Å². The van der Waals surface area contributed by atoms with Crippen molar-refractivity contribution in [3.05, 3.63) is 52.5 Å². The molecule has 0 bridgehead atoms. The lowest BCUT2D eigenvalue weighted by Crippen LogP contribution is -2.15. The number of anilines is 1. The van der Waals surface area contributed by atoms with Crippen LogP contribution in [0.2, 0.25) is 0 Å². The van der Waals surface area contributed by atoms with E-state index in [0.717, 1.165) is 10.0 Å². The summed E-state index contributed by atoms with van der Waals surface area (Å²) in [6.45, 7) is 0. The summed E-state index contributed by atoms with van der Waals surface area (Å²) < 4.78 is 11.2. The normalized spacial score (nSPS) is 10.0. The van der Waals surface area contributed by atoms with Crippen molar-refractivity contribution in [2.45, 2.75) is 6.42 Å². The Morgan fingerprint density at radius 1 is 1.14 bits per heavy atom. The van der Waals surface area contributed by atoms with E-state index in [4.69, 9.17) is 9.47 Å². The number of halogens is 1. The van der Waals surface area contributed by atoms with Gasteiger partial charge in [0.2, 0.25) is 5.91 Å². The van der Waals surface area contributed by atoms with Crippen molar-refractivity contribution < 1.29 is 14.3 Å². The van der Waals surface area contributed by atoms with E-state index in [0.29, 0.717) is 17.2 Å². The van der Waals surface area contributed by atoms with Crippen LogP contribution < -0.4 is 14.8 Å². The minimum atomic E-state index is -0.117. The molecule has 0 saturated carbocycles. The minimum Gasteiger partial charge on any atom is -0.497 e. The molecule has 2 aromatic rings. The van der Waals surface area contributed by atoms with E-state index in [2.05, 4.69) is 21.2 Å². The van der Waals surface area contributed by atoms with Crippen LogP contribution in [0.3, 0.4) is 0 Å². The zero-order valence-corrected chi connectivity index (χ0v) is 13.4. The number of hydrogen-bond donors (Lipinski definition) is 1. The lowest BCUT2D eigenvalue weighted by atomic mass is 10.1. The largest absolute Gasteiger partial charge is 0.497 e. The summed E-state index contributed by atoms with van der Waals surface area (Å²) in [7, 11) is 3.18. The van der Waals surface area contributed by atoms with E-state index in [1.165, 1.54) is 0 Å². The molecule has 4 nitrogen and oxygen atoms in total. The van der Waals surface area contributed by atoms with Crippen LogP contribution in [0.5, 0.6) is 11.5 Å². The molecule has 1 N–H and O–H groups in total. The molecule has 0 spiro atoms. The summed E-state index contributed by atoms with van der Waals surface area (Å²) in [5.41, 5.74) is 1.52. The number of carbonyl (C=O) groups is 1. The van der Waals surface area contributed by atoms with Crippen LogP contribution in [0, 0.1) is 0 Å². The summed E-state index contributed by atoms with van der Waals surface area (Å²) in [6.07, 6.45) is 0.244. The van der Waals surface area contributed by atoms with Crippen molar-refractivity contribution in [1.29, 1.82) is 0 Å². The van der Waals surface area contributed by atoms with E-state index < -0.39 is 0 Å². The van der Waals surface area contributed by atoms with Gasteiger partial charge in [0.05, 0.1) is 26.3 Å². The van der Waals surface area contributed by atoms with Crippen LogP contribution in [-0.4, -0.2) is 20.1 Å². The Morgan fingerprint density at radius 3 is 2.62 bits per heavy atom. The maximum absolute atomic E-state index is 12.2. The van der Waals surface area contributed by atoms with Gasteiger partial charge in [0.25, 0.3) is 0 Å². The van der Waals surface area contributed by atoms with E-state index in [1.807, 2.05) is 36.4 Å². The second-order valence-corrected chi connectivity index (χ2v) is 5.24. The first-order chi connectivity index (χ1) is 10.1. The molecule has 0 aliphatic rings. The standard InChI is InChI=1S/C16H16BrNO3/c1-20-12-7-8-13(17)14(10-12)18-16(19)9-11-5-3-4-6-15(11)21-2/h3-8,10H,9H2,1-2H3,(H,18,19). The van der Waals surface area contributed by atoms with Crippen LogP contribution in [0.4, 0.5) is 5.69 Å². The second kappa shape index (κ2) is 7.13. The van der Waals surface area contributed by atoms with Gasteiger partial charge < -0.3 is 14.8 Å². The molecule has 0 atom stereocenters. The van der Waals surface area contributed by atoms with Crippen LogP contribution in [0.15, 0.2) is 46.9 Å². The third kappa shape index (κ3) is 3.98. The Balaban J connectivity index is 2.11. The molecule has 0 aliphatic carbocycles. The number of amides is 1. The first-order valence-electron chi connectivity index (χ1n) is 6.39. The average molecular weight is 350 g/mol. The number of benzene rings is 2. The summed E-state index contributed by atoms with van der Waals surface area (Å²) in [4.78, 5) is 12.2. The highest BCUT2D eigenvalue weighted by Gasteiger charge is 2.10. The fourth-order valence-corrected chi connectivity index (χ4v) is 2.29. The quantitative estimate of drug-likeness (QED) is 0.896. The van der Waals surface area contributed by atoms with Gasteiger partial charge in [-0.15, -0.1) is 0 Å². The van der Waals surface area contributed by atoms with E-state index in [-0.39, 0.29) is 12.3 Å². The minimum absolute atomic E-state index is 0.117. The Labute approximate surface area is 132 Å². The smallest absolute Gasteiger partial charge is 0.228 e. The summed E-state index contributed by atoms with van der Waals surface area (Å²) >= 11 is 3.41. The Bertz CT molecular complexity index is 643. The molecule has 0 aliphatic heterocycles. The topological polar surface area (TPSA) is 47.6 Å². The highest BCUT2D eigenvalue weighted by Crippen LogP contribution is 2.27. The number of methoxy groups -OCH3 is 2. The van der Waals surface area contributed by atoms with Crippen molar-refractivity contribution in [3.63, 3.8) is 0 Å². The zero-order chi connectivity index (χ0) is 15.2. The first kappa shape index (κ1) is 15.4. The van der Waals surface area contributed by atoms with Crippen LogP contribution in [0.1, 0.15) is 5.56 Å². The predicted octanol–water partition coefficient (Wildman–Crippen LogP) is 3.65. The molecule has 1 amide bonds. The molecule has 0 fully saturated rings. The van der Waals surface area contributed by atoms with Gasteiger partial charge in [-0.3, -0.25) is 4.79 Å². The summed E-state index contributed by atoms with van der Waals surface area (Å²) in [5, 5.41) is 2.86. The van der Waals surface area contributed by atoms with Crippen LogP contribution in [-0.2, 0) is 11.2 Å². The molecule has 0 aromatic heterocycles. The highest BCUT2D eigenvalue weighted by atomic mass is 79.9.